The lowest BCUT2D eigenvalue weighted by molar-refractivity contribution is 0.0811. The monoisotopic (exact) mass is 161 g/mol. The van der Waals surface area contributed by atoms with Crippen molar-refractivity contribution >= 4 is 17.9 Å². The van der Waals surface area contributed by atoms with Gasteiger partial charge in [-0.05, 0) is 12.8 Å². The lowest BCUT2D eigenvalue weighted by Crippen LogP contribution is -2.36. The maximum atomic E-state index is 10.4. The molecule has 1 aliphatic rings. The number of thiol groups is 1. The summed E-state index contributed by atoms with van der Waals surface area (Å²) in [6, 6.07) is 0.277. The molecular weight excluding hydrogens is 150 g/mol. The minimum absolute atomic E-state index is 0.244. The Morgan fingerprint density at radius 3 is 2.60 bits per heavy atom. The average molecular weight is 161 g/mol. The van der Waals surface area contributed by atoms with Gasteiger partial charge in [-0.2, -0.15) is 0 Å². The molecule has 0 aliphatic carbocycles. The van der Waals surface area contributed by atoms with Crippen molar-refractivity contribution in [3.05, 3.63) is 0 Å². The molecule has 1 aliphatic heterocycles. The molecule has 1 amide bonds. The number of nitrogens with one attached hydrogen (secondary N) is 1. The van der Waals surface area contributed by atoms with Crippen LogP contribution < -0.4 is 5.32 Å². The van der Waals surface area contributed by atoms with Crippen molar-refractivity contribution in [1.82, 2.24) is 5.32 Å². The van der Waals surface area contributed by atoms with Crippen LogP contribution in [0.2, 0.25) is 0 Å². The zero-order valence-electron chi connectivity index (χ0n) is 5.67. The van der Waals surface area contributed by atoms with Crippen LogP contribution in [0.15, 0.2) is 0 Å². The van der Waals surface area contributed by atoms with Gasteiger partial charge >= 0.3 is 0 Å². The maximum Gasteiger partial charge on any atom is 0.276 e. The van der Waals surface area contributed by atoms with E-state index in [-0.39, 0.29) is 11.3 Å². The number of hydrogen-bond acceptors (Lipinski definition) is 2. The van der Waals surface area contributed by atoms with E-state index in [0.717, 1.165) is 26.1 Å². The lowest BCUT2D eigenvalue weighted by atomic mass is 10.1. The molecule has 0 unspecified atom stereocenters. The fraction of sp³-hybridized carbons (Fsp3) is 0.833. The molecule has 0 bridgehead atoms. The van der Waals surface area contributed by atoms with Crippen LogP contribution in [0.4, 0.5) is 4.79 Å². The lowest BCUT2D eigenvalue weighted by Gasteiger charge is -2.21. The van der Waals surface area contributed by atoms with Crippen molar-refractivity contribution in [2.45, 2.75) is 18.9 Å². The SMILES string of the molecule is O=C(S)NC1CCOCC1. The van der Waals surface area contributed by atoms with Gasteiger partial charge in [-0.15, -0.1) is 0 Å². The second-order valence-electron chi connectivity index (χ2n) is 2.34. The van der Waals surface area contributed by atoms with E-state index >= 15 is 0 Å². The molecule has 3 nitrogen and oxygen atoms in total. The Labute approximate surface area is 65.5 Å². The van der Waals surface area contributed by atoms with Crippen molar-refractivity contribution in [3.63, 3.8) is 0 Å². The van der Waals surface area contributed by atoms with Crippen LogP contribution in [0, 0.1) is 0 Å². The van der Waals surface area contributed by atoms with Crippen LogP contribution >= 0.6 is 12.6 Å². The fourth-order valence-electron chi connectivity index (χ4n) is 1.02. The first-order valence-corrected chi connectivity index (χ1v) is 3.81. The molecule has 0 spiro atoms. The molecule has 4 heteroatoms. The Morgan fingerprint density at radius 2 is 2.10 bits per heavy atom. The summed E-state index contributed by atoms with van der Waals surface area (Å²) >= 11 is 3.62. The molecule has 0 saturated carbocycles. The van der Waals surface area contributed by atoms with Crippen LogP contribution in [0.3, 0.4) is 0 Å². The number of ether oxygens (including phenoxy) is 1. The number of carbonyl (C=O) groups excluding carboxylic acids is 1. The van der Waals surface area contributed by atoms with Crippen LogP contribution in [0.25, 0.3) is 0 Å². The Morgan fingerprint density at radius 1 is 1.50 bits per heavy atom. The van der Waals surface area contributed by atoms with Gasteiger partial charge in [-0.3, -0.25) is 4.79 Å². The molecule has 0 atom stereocenters. The second kappa shape index (κ2) is 3.83. The zero-order valence-corrected chi connectivity index (χ0v) is 6.56. The normalized spacial score (nSPS) is 20.5. The number of hydrogen-bond donors (Lipinski definition) is 2. The third-order valence-electron chi connectivity index (χ3n) is 1.55. The predicted octanol–water partition coefficient (Wildman–Crippen LogP) is 0.805. The summed E-state index contributed by atoms with van der Waals surface area (Å²) in [6.45, 7) is 1.50. The quantitative estimate of drug-likeness (QED) is 0.558. The van der Waals surface area contributed by atoms with E-state index in [2.05, 4.69) is 17.9 Å². The van der Waals surface area contributed by atoms with E-state index in [4.69, 9.17) is 4.74 Å². The standard InChI is InChI=1S/C6H11NO2S/c8-6(10)7-5-1-3-9-4-2-5/h5H,1-4H2,(H2,7,8,10). The number of amides is 1. The molecule has 1 rings (SSSR count). The van der Waals surface area contributed by atoms with Crippen molar-refractivity contribution in [2.75, 3.05) is 13.2 Å². The second-order valence-corrected chi connectivity index (χ2v) is 2.74. The summed E-state index contributed by atoms with van der Waals surface area (Å²) in [5.74, 6) is 0. The number of carbonyl (C=O) groups is 1. The maximum absolute atomic E-state index is 10.4. The van der Waals surface area contributed by atoms with E-state index in [1.807, 2.05) is 0 Å². The molecule has 0 aromatic carbocycles. The average Bonchev–Trinajstić information content (AvgIpc) is 1.88. The summed E-state index contributed by atoms with van der Waals surface area (Å²) in [4.78, 5) is 10.4. The molecular formula is C6H11NO2S. The summed E-state index contributed by atoms with van der Waals surface area (Å²) < 4.78 is 5.11. The van der Waals surface area contributed by atoms with E-state index in [1.165, 1.54) is 0 Å². The Balaban J connectivity index is 2.19. The Hall–Kier alpha value is -0.220. The largest absolute Gasteiger partial charge is 0.381 e. The van der Waals surface area contributed by atoms with Gasteiger partial charge < -0.3 is 10.1 Å². The summed E-state index contributed by atoms with van der Waals surface area (Å²) in [6.07, 6.45) is 1.82. The molecule has 1 N–H and O–H groups in total. The fourth-order valence-corrected chi connectivity index (χ4v) is 1.20. The van der Waals surface area contributed by atoms with Gasteiger partial charge in [0, 0.05) is 19.3 Å². The predicted molar refractivity (Wildman–Crippen MR) is 41.4 cm³/mol. The highest BCUT2D eigenvalue weighted by atomic mass is 32.1. The van der Waals surface area contributed by atoms with E-state index < -0.39 is 0 Å². The van der Waals surface area contributed by atoms with Crippen LogP contribution in [0.1, 0.15) is 12.8 Å². The van der Waals surface area contributed by atoms with Crippen LogP contribution in [0.5, 0.6) is 0 Å². The Kier molecular flexibility index (Phi) is 3.02. The van der Waals surface area contributed by atoms with Gasteiger partial charge in [0.1, 0.15) is 0 Å². The molecule has 58 valence electrons. The third-order valence-corrected chi connectivity index (χ3v) is 1.68. The molecule has 1 fully saturated rings. The van der Waals surface area contributed by atoms with Gasteiger partial charge in [-0.1, -0.05) is 12.6 Å². The van der Waals surface area contributed by atoms with Crippen LogP contribution in [-0.4, -0.2) is 24.5 Å². The van der Waals surface area contributed by atoms with Gasteiger partial charge in [0.15, 0.2) is 0 Å². The first kappa shape index (κ1) is 7.88. The number of rotatable bonds is 1. The first-order valence-electron chi connectivity index (χ1n) is 3.36. The van der Waals surface area contributed by atoms with Gasteiger partial charge in [0.25, 0.3) is 5.24 Å². The zero-order chi connectivity index (χ0) is 7.40. The van der Waals surface area contributed by atoms with Crippen molar-refractivity contribution in [2.24, 2.45) is 0 Å². The Bertz CT molecular complexity index is 123. The molecule has 1 heterocycles. The third kappa shape index (κ3) is 2.58. The van der Waals surface area contributed by atoms with Crippen molar-refractivity contribution < 1.29 is 9.53 Å². The summed E-state index contributed by atoms with van der Waals surface area (Å²) in [5.41, 5.74) is 0. The smallest absolute Gasteiger partial charge is 0.276 e. The van der Waals surface area contributed by atoms with Crippen molar-refractivity contribution in [1.29, 1.82) is 0 Å². The van der Waals surface area contributed by atoms with E-state index in [1.54, 1.807) is 0 Å². The van der Waals surface area contributed by atoms with Crippen molar-refractivity contribution in [3.8, 4) is 0 Å². The minimum atomic E-state index is -0.244. The highest BCUT2D eigenvalue weighted by molar-refractivity contribution is 7.96. The van der Waals surface area contributed by atoms with E-state index in [9.17, 15) is 4.79 Å². The summed E-state index contributed by atoms with van der Waals surface area (Å²) in [7, 11) is 0. The van der Waals surface area contributed by atoms with Gasteiger partial charge in [0.2, 0.25) is 0 Å². The minimum Gasteiger partial charge on any atom is -0.381 e. The van der Waals surface area contributed by atoms with E-state index in [0.29, 0.717) is 0 Å². The first-order chi connectivity index (χ1) is 4.79. The summed E-state index contributed by atoms with van der Waals surface area (Å²) in [5, 5.41) is 2.48. The molecule has 0 aromatic rings. The molecule has 10 heavy (non-hydrogen) atoms. The molecule has 0 radical (unpaired) electrons. The van der Waals surface area contributed by atoms with Gasteiger partial charge in [0.05, 0.1) is 0 Å². The van der Waals surface area contributed by atoms with Gasteiger partial charge in [-0.25, -0.2) is 0 Å². The highest BCUT2D eigenvalue weighted by Crippen LogP contribution is 2.06. The topological polar surface area (TPSA) is 38.3 Å². The van der Waals surface area contributed by atoms with Crippen LogP contribution in [-0.2, 0) is 4.74 Å². The highest BCUT2D eigenvalue weighted by Gasteiger charge is 2.13. The molecule has 1 saturated heterocycles. The molecule has 0 aromatic heterocycles.